The van der Waals surface area contributed by atoms with Crippen LogP contribution in [0.2, 0.25) is 0 Å². The van der Waals surface area contributed by atoms with Gasteiger partial charge in [0, 0.05) is 33.3 Å². The van der Waals surface area contributed by atoms with Gasteiger partial charge in [-0.1, -0.05) is 6.58 Å². The van der Waals surface area contributed by atoms with E-state index in [0.29, 0.717) is 45.0 Å². The number of methoxy groups -OCH3 is 1. The minimum Gasteiger partial charge on any atom is -0.498 e. The zero-order valence-electron chi connectivity index (χ0n) is 16.6. The fraction of sp³-hybridized carbons (Fsp3) is 0.778. The Balaban J connectivity index is 3.60. The lowest BCUT2D eigenvalue weighted by Gasteiger charge is -2.16. The van der Waals surface area contributed by atoms with Crippen molar-refractivity contribution in [3.63, 3.8) is 0 Å². The second-order valence-corrected chi connectivity index (χ2v) is 6.09. The maximum Gasteiger partial charge on any atom is 0.307 e. The lowest BCUT2D eigenvalue weighted by molar-refractivity contribution is -0.152. The molecule has 8 heteroatoms. The third-order valence-corrected chi connectivity index (χ3v) is 3.50. The molecule has 0 spiro atoms. The number of hydrogen-bond acceptors (Lipinski definition) is 8. The van der Waals surface area contributed by atoms with Crippen molar-refractivity contribution in [2.45, 2.75) is 19.8 Å². The van der Waals surface area contributed by atoms with E-state index >= 15 is 0 Å². The number of nitrogens with zero attached hydrogens (tertiary/aromatic N) is 2. The van der Waals surface area contributed by atoms with Crippen molar-refractivity contribution in [3.8, 4) is 0 Å². The summed E-state index contributed by atoms with van der Waals surface area (Å²) in [6, 6.07) is 0. The molecule has 0 saturated heterocycles. The Morgan fingerprint density at radius 2 is 1.23 bits per heavy atom. The molecule has 152 valence electrons. The molecule has 0 saturated carbocycles. The Kier molecular flexibility index (Phi) is 14.6. The van der Waals surface area contributed by atoms with Gasteiger partial charge in [-0.3, -0.25) is 9.59 Å². The minimum atomic E-state index is -0.312. The summed E-state index contributed by atoms with van der Waals surface area (Å²) in [4.78, 5) is 27.2. The highest BCUT2D eigenvalue weighted by atomic mass is 16.6. The number of likely N-dealkylation sites (N-methyl/N-ethyl adjacent to an activating group) is 2. The number of allylic oxidation sites excluding steroid dienone is 1. The number of carbonyl (C=O) groups is 2. The lowest BCUT2D eigenvalue weighted by Crippen LogP contribution is -2.27. The van der Waals surface area contributed by atoms with Gasteiger partial charge in [-0.25, -0.2) is 0 Å². The summed E-state index contributed by atoms with van der Waals surface area (Å²) in [7, 11) is 5.45. The molecule has 0 bridgehead atoms. The molecule has 0 N–H and O–H groups in total. The topological polar surface area (TPSA) is 77.5 Å². The summed E-state index contributed by atoms with van der Waals surface area (Å²) < 4.78 is 20.3. The average Bonchev–Trinajstić information content (AvgIpc) is 2.59. The molecule has 0 unspecified atom stereocenters. The van der Waals surface area contributed by atoms with Crippen molar-refractivity contribution in [3.05, 3.63) is 12.3 Å². The first-order valence-corrected chi connectivity index (χ1v) is 8.80. The van der Waals surface area contributed by atoms with Crippen LogP contribution in [0.15, 0.2) is 12.3 Å². The van der Waals surface area contributed by atoms with Crippen molar-refractivity contribution in [2.24, 2.45) is 0 Å². The van der Waals surface area contributed by atoms with Gasteiger partial charge in [0.2, 0.25) is 0 Å². The largest absolute Gasteiger partial charge is 0.498 e. The molecule has 0 aromatic carbocycles. The predicted octanol–water partition coefficient (Wildman–Crippen LogP) is 0.913. The quantitative estimate of drug-likeness (QED) is 0.224. The maximum atomic E-state index is 11.6. The SMILES string of the molecule is C=C(C)OCCN(C)CCC(=O)OCCOC(=O)CCN(C)CCOC. The first-order chi connectivity index (χ1) is 12.3. The molecular formula is C18H34N2O6. The predicted molar refractivity (Wildman–Crippen MR) is 98.8 cm³/mol. The van der Waals surface area contributed by atoms with E-state index in [0.717, 1.165) is 6.54 Å². The molecule has 0 aromatic heterocycles. The zero-order chi connectivity index (χ0) is 19.8. The summed E-state index contributed by atoms with van der Waals surface area (Å²) in [5.74, 6) is 0.0598. The highest BCUT2D eigenvalue weighted by Gasteiger charge is 2.08. The summed E-state index contributed by atoms with van der Waals surface area (Å²) in [5.41, 5.74) is 0. The van der Waals surface area contributed by atoms with E-state index in [9.17, 15) is 9.59 Å². The maximum absolute atomic E-state index is 11.6. The van der Waals surface area contributed by atoms with Gasteiger partial charge in [-0.05, 0) is 21.0 Å². The van der Waals surface area contributed by atoms with Crippen LogP contribution in [0, 0.1) is 0 Å². The van der Waals surface area contributed by atoms with Gasteiger partial charge in [0.05, 0.1) is 25.2 Å². The Labute approximate surface area is 157 Å². The molecule has 0 atom stereocenters. The molecule has 0 amide bonds. The van der Waals surface area contributed by atoms with Gasteiger partial charge in [-0.2, -0.15) is 0 Å². The number of rotatable bonds is 16. The van der Waals surface area contributed by atoms with Crippen molar-refractivity contribution >= 4 is 11.9 Å². The number of hydrogen-bond donors (Lipinski definition) is 0. The van der Waals surface area contributed by atoms with Gasteiger partial charge in [0.1, 0.15) is 19.8 Å². The first kappa shape index (κ1) is 24.4. The summed E-state index contributed by atoms with van der Waals surface area (Å²) in [5, 5.41) is 0. The van der Waals surface area contributed by atoms with Crippen LogP contribution in [0.5, 0.6) is 0 Å². The molecule has 0 fully saturated rings. The third-order valence-electron chi connectivity index (χ3n) is 3.50. The highest BCUT2D eigenvalue weighted by molar-refractivity contribution is 5.70. The van der Waals surface area contributed by atoms with Gasteiger partial charge in [-0.15, -0.1) is 0 Å². The van der Waals surface area contributed by atoms with E-state index in [1.54, 1.807) is 14.0 Å². The van der Waals surface area contributed by atoms with Gasteiger partial charge < -0.3 is 28.7 Å². The van der Waals surface area contributed by atoms with Crippen LogP contribution in [0.25, 0.3) is 0 Å². The molecule has 0 aliphatic rings. The second kappa shape index (κ2) is 15.6. The summed E-state index contributed by atoms with van der Waals surface area (Å²) in [6.07, 6.45) is 0.576. The first-order valence-electron chi connectivity index (χ1n) is 8.80. The van der Waals surface area contributed by atoms with Crippen molar-refractivity contribution in [1.82, 2.24) is 9.80 Å². The van der Waals surface area contributed by atoms with E-state index in [1.165, 1.54) is 0 Å². The molecule has 0 radical (unpaired) electrons. The monoisotopic (exact) mass is 374 g/mol. The molecule has 0 rings (SSSR count). The second-order valence-electron chi connectivity index (χ2n) is 6.09. The Bertz CT molecular complexity index is 416. The van der Waals surface area contributed by atoms with Gasteiger partial charge in [0.15, 0.2) is 0 Å². The number of esters is 2. The van der Waals surface area contributed by atoms with Crippen LogP contribution in [0.3, 0.4) is 0 Å². The zero-order valence-corrected chi connectivity index (χ0v) is 16.6. The van der Waals surface area contributed by atoms with Crippen LogP contribution < -0.4 is 0 Å². The normalized spacial score (nSPS) is 10.8. The molecule has 26 heavy (non-hydrogen) atoms. The molecule has 8 nitrogen and oxygen atoms in total. The van der Waals surface area contributed by atoms with Crippen LogP contribution in [0.1, 0.15) is 19.8 Å². The molecule has 0 heterocycles. The van der Waals surface area contributed by atoms with E-state index < -0.39 is 0 Å². The summed E-state index contributed by atoms with van der Waals surface area (Å²) in [6.45, 7) is 9.41. The van der Waals surface area contributed by atoms with E-state index in [-0.39, 0.29) is 31.6 Å². The third kappa shape index (κ3) is 15.9. The van der Waals surface area contributed by atoms with Crippen LogP contribution in [0.4, 0.5) is 0 Å². The van der Waals surface area contributed by atoms with E-state index in [1.807, 2.05) is 23.9 Å². The highest BCUT2D eigenvalue weighted by Crippen LogP contribution is 1.95. The Morgan fingerprint density at radius 3 is 1.65 bits per heavy atom. The number of carbonyl (C=O) groups excluding carboxylic acids is 2. The standard InChI is InChI=1S/C18H34N2O6/c1-16(2)24-13-11-20(4)9-7-18(22)26-15-14-25-17(21)6-8-19(3)10-12-23-5/h1,6-15H2,2-5H3. The average molecular weight is 374 g/mol. The smallest absolute Gasteiger partial charge is 0.307 e. The van der Waals surface area contributed by atoms with Crippen molar-refractivity contribution < 1.29 is 28.5 Å². The molecule has 0 aromatic rings. The lowest BCUT2D eigenvalue weighted by atomic mass is 10.4. The summed E-state index contributed by atoms with van der Waals surface area (Å²) >= 11 is 0. The van der Waals surface area contributed by atoms with Crippen LogP contribution in [-0.2, 0) is 28.5 Å². The molecule has 0 aliphatic heterocycles. The Hall–Kier alpha value is -1.64. The van der Waals surface area contributed by atoms with Gasteiger partial charge >= 0.3 is 11.9 Å². The molecule has 0 aliphatic carbocycles. The van der Waals surface area contributed by atoms with E-state index in [4.69, 9.17) is 18.9 Å². The minimum absolute atomic E-state index is 0.0760. The van der Waals surface area contributed by atoms with Crippen molar-refractivity contribution in [1.29, 1.82) is 0 Å². The van der Waals surface area contributed by atoms with Crippen LogP contribution >= 0.6 is 0 Å². The van der Waals surface area contributed by atoms with Gasteiger partial charge in [0.25, 0.3) is 0 Å². The van der Waals surface area contributed by atoms with Crippen LogP contribution in [-0.4, -0.2) is 95.6 Å². The number of ether oxygens (including phenoxy) is 4. The van der Waals surface area contributed by atoms with E-state index in [2.05, 4.69) is 6.58 Å². The molecular weight excluding hydrogens is 340 g/mol. The fourth-order valence-electron chi connectivity index (χ4n) is 1.87. The van der Waals surface area contributed by atoms with Crippen molar-refractivity contribution in [2.75, 3.05) is 73.8 Å². The Morgan fingerprint density at radius 1 is 0.769 bits per heavy atom. The fourth-order valence-corrected chi connectivity index (χ4v) is 1.87.